The van der Waals surface area contributed by atoms with Crippen LogP contribution in [0.15, 0.2) is 72.9 Å². The summed E-state index contributed by atoms with van der Waals surface area (Å²) in [4.78, 5) is 8.32. The number of aromatic nitrogens is 1. The maximum Gasteiger partial charge on any atom is 0.137 e. The van der Waals surface area contributed by atoms with Gasteiger partial charge in [-0.15, -0.1) is 11.3 Å². The minimum atomic E-state index is 0.483. The number of nitrogens with one attached hydrogen (secondary N) is 1. The standard InChI is InChI=1S/C26H27N3OS/c1-29(20-10-7-14-27-17-20)26-22-16-25(31-24(22)13-15-28-26)21-11-5-6-12-23(21)30-18-19-8-3-2-4-9-19/h2-6,8-9,11-13,15-16,20,27H,7,10,14,17-18H2,1H3/t20-/m0/s1. The predicted molar refractivity (Wildman–Crippen MR) is 130 cm³/mol. The Kier molecular flexibility index (Phi) is 5.87. The molecule has 31 heavy (non-hydrogen) atoms. The Morgan fingerprint density at radius 1 is 1.10 bits per heavy atom. The Balaban J connectivity index is 1.46. The number of rotatable bonds is 6. The van der Waals surface area contributed by atoms with Crippen molar-refractivity contribution in [1.82, 2.24) is 10.3 Å². The van der Waals surface area contributed by atoms with Crippen LogP contribution in [0.4, 0.5) is 5.82 Å². The lowest BCUT2D eigenvalue weighted by atomic mass is 10.1. The molecule has 1 aliphatic heterocycles. The highest BCUT2D eigenvalue weighted by atomic mass is 32.1. The summed E-state index contributed by atoms with van der Waals surface area (Å²) >= 11 is 1.80. The van der Waals surface area contributed by atoms with Gasteiger partial charge in [0.1, 0.15) is 18.2 Å². The number of pyridine rings is 1. The number of thiophene rings is 1. The molecular weight excluding hydrogens is 402 g/mol. The van der Waals surface area contributed by atoms with Crippen molar-refractivity contribution in [2.75, 3.05) is 25.0 Å². The van der Waals surface area contributed by atoms with E-state index in [4.69, 9.17) is 9.72 Å². The molecule has 0 aliphatic carbocycles. The van der Waals surface area contributed by atoms with E-state index in [2.05, 4.69) is 59.7 Å². The Morgan fingerprint density at radius 2 is 1.94 bits per heavy atom. The Labute approximate surface area is 187 Å². The molecule has 0 saturated carbocycles. The van der Waals surface area contributed by atoms with Gasteiger partial charge in [0, 0.05) is 46.4 Å². The average Bonchev–Trinajstić information content (AvgIpc) is 3.28. The van der Waals surface area contributed by atoms with Crippen molar-refractivity contribution < 1.29 is 4.74 Å². The number of fused-ring (bicyclic) bond motifs is 1. The zero-order valence-electron chi connectivity index (χ0n) is 17.8. The van der Waals surface area contributed by atoms with E-state index < -0.39 is 0 Å². The lowest BCUT2D eigenvalue weighted by Crippen LogP contribution is -2.44. The fraction of sp³-hybridized carbons (Fsp3) is 0.269. The van der Waals surface area contributed by atoms with Gasteiger partial charge in [0.15, 0.2) is 0 Å². The molecule has 1 atom stereocenters. The molecule has 2 aromatic heterocycles. The van der Waals surface area contributed by atoms with Crippen LogP contribution in [-0.4, -0.2) is 31.2 Å². The van der Waals surface area contributed by atoms with Gasteiger partial charge >= 0.3 is 0 Å². The number of piperidine rings is 1. The van der Waals surface area contributed by atoms with Gasteiger partial charge in [0.25, 0.3) is 0 Å². The van der Waals surface area contributed by atoms with Crippen LogP contribution in [0.5, 0.6) is 5.75 Å². The summed E-state index contributed by atoms with van der Waals surface area (Å²) in [6.45, 7) is 2.69. The fourth-order valence-corrected chi connectivity index (χ4v) is 5.31. The molecule has 5 rings (SSSR count). The second-order valence-corrected chi connectivity index (χ2v) is 9.12. The molecule has 0 unspecified atom stereocenters. The number of hydrogen-bond acceptors (Lipinski definition) is 5. The summed E-state index contributed by atoms with van der Waals surface area (Å²) in [7, 11) is 2.17. The Bertz CT molecular complexity index is 1150. The number of hydrogen-bond donors (Lipinski definition) is 1. The first-order chi connectivity index (χ1) is 15.3. The van der Waals surface area contributed by atoms with Crippen LogP contribution in [0.2, 0.25) is 0 Å². The van der Waals surface area contributed by atoms with Crippen molar-refractivity contribution in [1.29, 1.82) is 0 Å². The second-order valence-electron chi connectivity index (χ2n) is 8.04. The Hall–Kier alpha value is -2.89. The van der Waals surface area contributed by atoms with Crippen molar-refractivity contribution in [2.45, 2.75) is 25.5 Å². The number of likely N-dealkylation sites (N-methyl/N-ethyl adjacent to an activating group) is 1. The molecule has 1 fully saturated rings. The SMILES string of the molecule is CN(c1nccc2sc(-c3ccccc3OCc3ccccc3)cc12)[C@H]1CCCNC1. The largest absolute Gasteiger partial charge is 0.488 e. The van der Waals surface area contributed by atoms with Crippen molar-refractivity contribution in [3.63, 3.8) is 0 Å². The van der Waals surface area contributed by atoms with E-state index in [0.717, 1.165) is 30.2 Å². The maximum atomic E-state index is 6.22. The lowest BCUT2D eigenvalue weighted by Gasteiger charge is -2.32. The van der Waals surface area contributed by atoms with Crippen molar-refractivity contribution in [2.24, 2.45) is 0 Å². The van der Waals surface area contributed by atoms with Gasteiger partial charge in [-0.3, -0.25) is 0 Å². The monoisotopic (exact) mass is 429 g/mol. The number of ether oxygens (including phenoxy) is 1. The van der Waals surface area contributed by atoms with Crippen LogP contribution in [0, 0.1) is 0 Å². The molecule has 1 saturated heterocycles. The van der Waals surface area contributed by atoms with Crippen molar-refractivity contribution >= 4 is 27.2 Å². The zero-order valence-corrected chi connectivity index (χ0v) is 18.6. The second kappa shape index (κ2) is 9.08. The first-order valence-electron chi connectivity index (χ1n) is 10.9. The molecule has 158 valence electrons. The van der Waals surface area contributed by atoms with Crippen LogP contribution in [0.3, 0.4) is 0 Å². The molecule has 0 amide bonds. The van der Waals surface area contributed by atoms with Gasteiger partial charge in [-0.2, -0.15) is 0 Å². The summed E-state index contributed by atoms with van der Waals surface area (Å²) in [5, 5.41) is 4.73. The molecule has 0 bridgehead atoms. The van der Waals surface area contributed by atoms with Gasteiger partial charge in [-0.05, 0) is 49.2 Å². The van der Waals surface area contributed by atoms with Crippen LogP contribution < -0.4 is 15.0 Å². The molecule has 0 radical (unpaired) electrons. The first-order valence-corrected chi connectivity index (χ1v) is 11.7. The average molecular weight is 430 g/mol. The van der Waals surface area contributed by atoms with E-state index in [0.29, 0.717) is 12.6 Å². The fourth-order valence-electron chi connectivity index (χ4n) is 4.23. The number of nitrogens with zero attached hydrogens (tertiary/aromatic N) is 2. The zero-order chi connectivity index (χ0) is 21.0. The summed E-state index contributed by atoms with van der Waals surface area (Å²) in [5.74, 6) is 1.98. The maximum absolute atomic E-state index is 6.22. The van der Waals surface area contributed by atoms with Gasteiger partial charge in [0.05, 0.1) is 0 Å². The van der Waals surface area contributed by atoms with E-state index in [1.54, 1.807) is 11.3 Å². The minimum Gasteiger partial charge on any atom is -0.488 e. The smallest absolute Gasteiger partial charge is 0.137 e. The molecule has 2 aromatic carbocycles. The third-order valence-corrected chi connectivity index (χ3v) is 7.10. The van der Waals surface area contributed by atoms with Crippen LogP contribution in [0.1, 0.15) is 18.4 Å². The Morgan fingerprint density at radius 3 is 2.77 bits per heavy atom. The van der Waals surface area contributed by atoms with Gasteiger partial charge in [-0.25, -0.2) is 4.98 Å². The molecule has 5 heteroatoms. The van der Waals surface area contributed by atoms with Gasteiger partial charge in [-0.1, -0.05) is 42.5 Å². The molecule has 1 N–H and O–H groups in total. The summed E-state index contributed by atoms with van der Waals surface area (Å²) in [6.07, 6.45) is 4.35. The van der Waals surface area contributed by atoms with E-state index in [1.165, 1.54) is 33.4 Å². The number of para-hydroxylation sites is 1. The predicted octanol–water partition coefficient (Wildman–Crippen LogP) is 5.73. The highest BCUT2D eigenvalue weighted by Crippen LogP contribution is 2.41. The quantitative estimate of drug-likeness (QED) is 0.425. The molecule has 4 aromatic rings. The van der Waals surface area contributed by atoms with Crippen LogP contribution in [0.25, 0.3) is 20.5 Å². The summed E-state index contributed by atoms with van der Waals surface area (Å²) in [5.41, 5.74) is 2.30. The van der Waals surface area contributed by atoms with E-state index >= 15 is 0 Å². The topological polar surface area (TPSA) is 37.4 Å². The van der Waals surface area contributed by atoms with E-state index in [-0.39, 0.29) is 0 Å². The van der Waals surface area contributed by atoms with Crippen molar-refractivity contribution in [3.8, 4) is 16.2 Å². The van der Waals surface area contributed by atoms with Gasteiger partial charge < -0.3 is 15.0 Å². The molecule has 0 spiro atoms. The summed E-state index contributed by atoms with van der Waals surface area (Å²) < 4.78 is 7.48. The van der Waals surface area contributed by atoms with E-state index in [9.17, 15) is 0 Å². The molecule has 3 heterocycles. The van der Waals surface area contributed by atoms with Gasteiger partial charge in [0.2, 0.25) is 0 Å². The lowest BCUT2D eigenvalue weighted by molar-refractivity contribution is 0.307. The third kappa shape index (κ3) is 4.29. The number of benzene rings is 2. The van der Waals surface area contributed by atoms with E-state index in [1.807, 2.05) is 30.5 Å². The number of anilines is 1. The minimum absolute atomic E-state index is 0.483. The molecule has 4 nitrogen and oxygen atoms in total. The normalized spacial score (nSPS) is 16.4. The summed E-state index contributed by atoms with van der Waals surface area (Å²) in [6, 6.07) is 23.5. The van der Waals surface area contributed by atoms with Crippen LogP contribution >= 0.6 is 11.3 Å². The molecular formula is C26H27N3OS. The highest BCUT2D eigenvalue weighted by molar-refractivity contribution is 7.22. The molecule has 1 aliphatic rings. The first kappa shape index (κ1) is 20.0. The van der Waals surface area contributed by atoms with Crippen LogP contribution in [-0.2, 0) is 6.61 Å². The third-order valence-electron chi connectivity index (χ3n) is 5.97. The van der Waals surface area contributed by atoms with Crippen molar-refractivity contribution in [3.05, 3.63) is 78.5 Å². The highest BCUT2D eigenvalue weighted by Gasteiger charge is 2.21.